The van der Waals surface area contributed by atoms with Crippen molar-refractivity contribution in [1.82, 2.24) is 5.32 Å². The SMILES string of the molecule is COc1cc(C(=O)OCC(=O)Nc2ccccc2C(=O)NC2CCCC2)ccc1C. The number of esters is 1. The van der Waals surface area contributed by atoms with Crippen LogP contribution in [0, 0.1) is 6.92 Å². The minimum atomic E-state index is -0.629. The topological polar surface area (TPSA) is 93.7 Å². The molecular formula is C23H26N2O5. The molecule has 1 aliphatic carbocycles. The molecule has 0 bridgehead atoms. The molecule has 2 amide bonds. The summed E-state index contributed by atoms with van der Waals surface area (Å²) in [7, 11) is 1.52. The number of amides is 2. The monoisotopic (exact) mass is 410 g/mol. The summed E-state index contributed by atoms with van der Waals surface area (Å²) >= 11 is 0. The Bertz CT molecular complexity index is 935. The molecule has 0 radical (unpaired) electrons. The van der Waals surface area contributed by atoms with Gasteiger partial charge in [0.1, 0.15) is 5.75 Å². The minimum Gasteiger partial charge on any atom is -0.496 e. The Morgan fingerprint density at radius 3 is 2.53 bits per heavy atom. The second-order valence-corrected chi connectivity index (χ2v) is 7.31. The number of hydrogen-bond acceptors (Lipinski definition) is 5. The fourth-order valence-corrected chi connectivity index (χ4v) is 3.47. The van der Waals surface area contributed by atoms with E-state index in [1.165, 1.54) is 7.11 Å². The zero-order chi connectivity index (χ0) is 21.5. The molecular weight excluding hydrogens is 384 g/mol. The van der Waals surface area contributed by atoms with E-state index in [0.717, 1.165) is 31.2 Å². The lowest BCUT2D eigenvalue weighted by Gasteiger charge is -2.15. The molecule has 7 nitrogen and oxygen atoms in total. The first-order valence-corrected chi connectivity index (χ1v) is 9.99. The van der Waals surface area contributed by atoms with Crippen LogP contribution in [0.4, 0.5) is 5.69 Å². The van der Waals surface area contributed by atoms with Gasteiger partial charge in [-0.1, -0.05) is 31.0 Å². The predicted octanol–water partition coefficient (Wildman–Crippen LogP) is 3.47. The molecule has 2 N–H and O–H groups in total. The zero-order valence-corrected chi connectivity index (χ0v) is 17.2. The van der Waals surface area contributed by atoms with Gasteiger partial charge in [-0.05, 0) is 49.6 Å². The van der Waals surface area contributed by atoms with E-state index in [0.29, 0.717) is 22.6 Å². The maximum Gasteiger partial charge on any atom is 0.338 e. The first-order chi connectivity index (χ1) is 14.5. The van der Waals surface area contributed by atoms with Crippen LogP contribution < -0.4 is 15.4 Å². The predicted molar refractivity (Wildman–Crippen MR) is 113 cm³/mol. The van der Waals surface area contributed by atoms with Gasteiger partial charge in [0.15, 0.2) is 6.61 Å². The molecule has 0 aromatic heterocycles. The summed E-state index contributed by atoms with van der Waals surface area (Å²) in [5, 5.41) is 5.66. The summed E-state index contributed by atoms with van der Waals surface area (Å²) in [4.78, 5) is 37.1. The van der Waals surface area contributed by atoms with Crippen molar-refractivity contribution in [3.8, 4) is 5.75 Å². The molecule has 1 fully saturated rings. The second kappa shape index (κ2) is 9.91. The van der Waals surface area contributed by atoms with E-state index < -0.39 is 18.5 Å². The van der Waals surface area contributed by atoms with Crippen molar-refractivity contribution in [2.75, 3.05) is 19.0 Å². The van der Waals surface area contributed by atoms with Gasteiger partial charge in [0.05, 0.1) is 23.9 Å². The molecule has 2 aromatic rings. The maximum atomic E-state index is 12.6. The Labute approximate surface area is 175 Å². The van der Waals surface area contributed by atoms with Gasteiger partial charge in [0.25, 0.3) is 11.8 Å². The molecule has 158 valence electrons. The lowest BCUT2D eigenvalue weighted by Crippen LogP contribution is -2.33. The van der Waals surface area contributed by atoms with Crippen molar-refractivity contribution in [2.45, 2.75) is 38.6 Å². The number of ether oxygens (including phenoxy) is 2. The quantitative estimate of drug-likeness (QED) is 0.682. The Kier molecular flexibility index (Phi) is 7.06. The average Bonchev–Trinajstić information content (AvgIpc) is 3.25. The summed E-state index contributed by atoms with van der Waals surface area (Å²) in [6.07, 6.45) is 4.17. The van der Waals surface area contributed by atoms with Gasteiger partial charge in [0.2, 0.25) is 0 Å². The van der Waals surface area contributed by atoms with E-state index in [1.54, 1.807) is 42.5 Å². The summed E-state index contributed by atoms with van der Waals surface area (Å²) in [6.45, 7) is 1.40. The van der Waals surface area contributed by atoms with Crippen LogP contribution in [-0.4, -0.2) is 37.5 Å². The van der Waals surface area contributed by atoms with Crippen molar-refractivity contribution in [2.24, 2.45) is 0 Å². The lowest BCUT2D eigenvalue weighted by atomic mass is 10.1. The first kappa shape index (κ1) is 21.4. The van der Waals surface area contributed by atoms with Crippen LogP contribution in [0.5, 0.6) is 5.75 Å². The van der Waals surface area contributed by atoms with Gasteiger partial charge in [0, 0.05) is 6.04 Å². The van der Waals surface area contributed by atoms with Crippen LogP contribution in [0.25, 0.3) is 0 Å². The summed E-state index contributed by atoms with van der Waals surface area (Å²) in [6, 6.07) is 11.9. The summed E-state index contributed by atoms with van der Waals surface area (Å²) < 4.78 is 10.3. The Morgan fingerprint density at radius 2 is 1.80 bits per heavy atom. The van der Waals surface area contributed by atoms with Crippen LogP contribution in [0.1, 0.15) is 52.0 Å². The van der Waals surface area contributed by atoms with Crippen molar-refractivity contribution < 1.29 is 23.9 Å². The number of aryl methyl sites for hydroxylation is 1. The maximum absolute atomic E-state index is 12.6. The Balaban J connectivity index is 1.58. The normalized spacial score (nSPS) is 13.5. The highest BCUT2D eigenvalue weighted by molar-refractivity contribution is 6.04. The minimum absolute atomic E-state index is 0.175. The molecule has 0 aliphatic heterocycles. The number of benzene rings is 2. The van der Waals surface area contributed by atoms with Crippen molar-refractivity contribution >= 4 is 23.5 Å². The second-order valence-electron chi connectivity index (χ2n) is 7.31. The van der Waals surface area contributed by atoms with E-state index >= 15 is 0 Å². The van der Waals surface area contributed by atoms with Crippen LogP contribution in [0.15, 0.2) is 42.5 Å². The zero-order valence-electron chi connectivity index (χ0n) is 17.2. The number of carbonyl (C=O) groups is 3. The van der Waals surface area contributed by atoms with Gasteiger partial charge in [-0.2, -0.15) is 0 Å². The largest absolute Gasteiger partial charge is 0.496 e. The molecule has 0 spiro atoms. The molecule has 2 aromatic carbocycles. The highest BCUT2D eigenvalue weighted by Crippen LogP contribution is 2.21. The number of nitrogens with one attached hydrogen (secondary N) is 2. The third-order valence-corrected chi connectivity index (χ3v) is 5.11. The van der Waals surface area contributed by atoms with E-state index in [1.807, 2.05) is 6.92 Å². The highest BCUT2D eigenvalue weighted by atomic mass is 16.5. The third kappa shape index (κ3) is 5.37. The highest BCUT2D eigenvalue weighted by Gasteiger charge is 2.20. The number of para-hydroxylation sites is 1. The third-order valence-electron chi connectivity index (χ3n) is 5.11. The summed E-state index contributed by atoms with van der Waals surface area (Å²) in [5.74, 6) is -0.808. The van der Waals surface area contributed by atoms with Crippen LogP contribution in [0.2, 0.25) is 0 Å². The Morgan fingerprint density at radius 1 is 1.07 bits per heavy atom. The smallest absolute Gasteiger partial charge is 0.338 e. The van der Waals surface area contributed by atoms with E-state index in [4.69, 9.17) is 9.47 Å². The molecule has 1 saturated carbocycles. The molecule has 0 unspecified atom stereocenters. The van der Waals surface area contributed by atoms with E-state index in [2.05, 4.69) is 10.6 Å². The van der Waals surface area contributed by atoms with Crippen molar-refractivity contribution in [3.05, 3.63) is 59.2 Å². The summed E-state index contributed by atoms with van der Waals surface area (Å²) in [5.41, 5.74) is 1.94. The first-order valence-electron chi connectivity index (χ1n) is 9.99. The van der Waals surface area contributed by atoms with Crippen LogP contribution in [0.3, 0.4) is 0 Å². The number of hydrogen-bond donors (Lipinski definition) is 2. The molecule has 1 aliphatic rings. The van der Waals surface area contributed by atoms with Gasteiger partial charge in [-0.3, -0.25) is 9.59 Å². The van der Waals surface area contributed by atoms with Crippen molar-refractivity contribution in [3.63, 3.8) is 0 Å². The molecule has 7 heteroatoms. The lowest BCUT2D eigenvalue weighted by molar-refractivity contribution is -0.119. The van der Waals surface area contributed by atoms with Gasteiger partial charge in [-0.25, -0.2) is 4.79 Å². The van der Waals surface area contributed by atoms with Gasteiger partial charge >= 0.3 is 5.97 Å². The Hall–Kier alpha value is -3.35. The number of methoxy groups -OCH3 is 1. The number of anilines is 1. The van der Waals surface area contributed by atoms with Crippen LogP contribution >= 0.6 is 0 Å². The number of rotatable bonds is 7. The molecule has 30 heavy (non-hydrogen) atoms. The number of carbonyl (C=O) groups excluding carboxylic acids is 3. The fraction of sp³-hybridized carbons (Fsp3) is 0.348. The van der Waals surface area contributed by atoms with Crippen molar-refractivity contribution in [1.29, 1.82) is 0 Å². The van der Waals surface area contributed by atoms with Gasteiger partial charge in [-0.15, -0.1) is 0 Å². The fourth-order valence-electron chi connectivity index (χ4n) is 3.47. The van der Waals surface area contributed by atoms with Crippen LogP contribution in [-0.2, 0) is 9.53 Å². The van der Waals surface area contributed by atoms with Gasteiger partial charge < -0.3 is 20.1 Å². The van der Waals surface area contributed by atoms with E-state index in [9.17, 15) is 14.4 Å². The molecule has 0 saturated heterocycles. The molecule has 3 rings (SSSR count). The molecule has 0 heterocycles. The molecule has 0 atom stereocenters. The van der Waals surface area contributed by atoms with E-state index in [-0.39, 0.29) is 11.9 Å². The standard InChI is InChI=1S/C23H26N2O5/c1-15-11-12-16(13-20(15)29-2)23(28)30-14-21(26)25-19-10-6-5-9-18(19)22(27)24-17-7-3-4-8-17/h5-6,9-13,17H,3-4,7-8,14H2,1-2H3,(H,24,27)(H,25,26). The average molecular weight is 410 g/mol.